The zero-order valence-electron chi connectivity index (χ0n) is 9.84. The van der Waals surface area contributed by atoms with Gasteiger partial charge < -0.3 is 22.1 Å². The first-order valence-corrected chi connectivity index (χ1v) is 6.22. The smallest absolute Gasteiger partial charge is 0.312 e. The number of nitrogens with zero attached hydrogens (tertiary/aromatic N) is 2. The molecule has 8 nitrogen and oxygen atoms in total. The van der Waals surface area contributed by atoms with Crippen molar-refractivity contribution in [3.05, 3.63) is 17.1 Å². The number of aromatic nitrogens is 2. The van der Waals surface area contributed by atoms with Gasteiger partial charge in [-0.1, -0.05) is 0 Å². The summed E-state index contributed by atoms with van der Waals surface area (Å²) in [6.45, 7) is 0.521. The summed E-state index contributed by atoms with van der Waals surface area (Å²) in [7, 11) is 0. The number of nitrogens with one attached hydrogen (secondary N) is 2. The standard InChI is InChI=1S/C10H12N6O2S/c11-6-5-1-2-15-16-9(5)19-7(6)8(17)13-3-4-14-10(12)18/h1-2H,3-4,11H2,(H,13,17)(H3,12,14,18). The van der Waals surface area contributed by atoms with Crippen molar-refractivity contribution in [1.82, 2.24) is 20.8 Å². The van der Waals surface area contributed by atoms with E-state index < -0.39 is 6.03 Å². The predicted octanol–water partition coefficient (Wildman–Crippen LogP) is -0.328. The Labute approximate surface area is 112 Å². The molecule has 0 spiro atoms. The summed E-state index contributed by atoms with van der Waals surface area (Å²) in [6.07, 6.45) is 1.52. The molecule has 0 aliphatic heterocycles. The number of urea groups is 1. The van der Waals surface area contributed by atoms with Crippen LogP contribution in [0.15, 0.2) is 12.3 Å². The normalized spacial score (nSPS) is 10.3. The van der Waals surface area contributed by atoms with Crippen LogP contribution in [0.1, 0.15) is 9.67 Å². The molecule has 0 fully saturated rings. The summed E-state index contributed by atoms with van der Waals surface area (Å²) in [5.41, 5.74) is 11.2. The van der Waals surface area contributed by atoms with Gasteiger partial charge in [-0.25, -0.2) is 4.79 Å². The van der Waals surface area contributed by atoms with E-state index in [-0.39, 0.29) is 19.0 Å². The fourth-order valence-corrected chi connectivity index (χ4v) is 2.44. The first-order valence-electron chi connectivity index (χ1n) is 5.40. The Morgan fingerprint density at radius 2 is 2.05 bits per heavy atom. The molecule has 0 bridgehead atoms. The Balaban J connectivity index is 2.05. The minimum absolute atomic E-state index is 0.256. The number of rotatable bonds is 4. The lowest BCUT2D eigenvalue weighted by Crippen LogP contribution is -2.37. The molecule has 2 rings (SSSR count). The molecule has 0 radical (unpaired) electrons. The largest absolute Gasteiger partial charge is 0.397 e. The predicted molar refractivity (Wildman–Crippen MR) is 71.7 cm³/mol. The van der Waals surface area contributed by atoms with Gasteiger partial charge >= 0.3 is 6.03 Å². The number of amides is 3. The van der Waals surface area contributed by atoms with Gasteiger partial charge in [0.25, 0.3) is 5.91 Å². The molecule has 2 heterocycles. The van der Waals surface area contributed by atoms with E-state index in [0.29, 0.717) is 20.8 Å². The SMILES string of the molecule is NC(=O)NCCNC(=O)c1sc2nnccc2c1N. The molecule has 2 aromatic heterocycles. The zero-order chi connectivity index (χ0) is 13.8. The molecule has 0 saturated heterocycles. The van der Waals surface area contributed by atoms with E-state index in [1.165, 1.54) is 17.5 Å². The zero-order valence-corrected chi connectivity index (χ0v) is 10.7. The number of carbonyl (C=O) groups is 2. The minimum Gasteiger partial charge on any atom is -0.397 e. The van der Waals surface area contributed by atoms with Gasteiger partial charge in [-0.05, 0) is 6.07 Å². The van der Waals surface area contributed by atoms with Crippen LogP contribution in [-0.2, 0) is 0 Å². The molecule has 9 heteroatoms. The van der Waals surface area contributed by atoms with Gasteiger partial charge in [-0.2, -0.15) is 5.10 Å². The van der Waals surface area contributed by atoms with Crippen LogP contribution in [0.2, 0.25) is 0 Å². The quantitative estimate of drug-likeness (QED) is 0.568. The van der Waals surface area contributed by atoms with Gasteiger partial charge in [0, 0.05) is 18.5 Å². The van der Waals surface area contributed by atoms with Crippen molar-refractivity contribution in [2.24, 2.45) is 5.73 Å². The minimum atomic E-state index is -0.633. The van der Waals surface area contributed by atoms with Gasteiger partial charge in [-0.3, -0.25) is 4.79 Å². The fraction of sp³-hybridized carbons (Fsp3) is 0.200. The summed E-state index contributed by atoms with van der Waals surface area (Å²) in [6, 6.07) is 1.07. The summed E-state index contributed by atoms with van der Waals surface area (Å²) in [4.78, 5) is 23.4. The van der Waals surface area contributed by atoms with Crippen molar-refractivity contribution in [1.29, 1.82) is 0 Å². The second kappa shape index (κ2) is 5.48. The molecule has 0 aromatic carbocycles. The number of thiophene rings is 1. The monoisotopic (exact) mass is 280 g/mol. The first kappa shape index (κ1) is 13.0. The second-order valence-corrected chi connectivity index (χ2v) is 4.64. The van der Waals surface area contributed by atoms with Crippen molar-refractivity contribution in [2.75, 3.05) is 18.8 Å². The number of anilines is 1. The lowest BCUT2D eigenvalue weighted by molar-refractivity contribution is 0.0959. The Kier molecular flexibility index (Phi) is 3.76. The van der Waals surface area contributed by atoms with Crippen LogP contribution in [0.25, 0.3) is 10.2 Å². The molecular weight excluding hydrogens is 268 g/mol. The van der Waals surface area contributed by atoms with E-state index in [9.17, 15) is 9.59 Å². The fourth-order valence-electron chi connectivity index (χ4n) is 1.48. The van der Waals surface area contributed by atoms with Crippen LogP contribution in [0.5, 0.6) is 0 Å². The van der Waals surface area contributed by atoms with Gasteiger partial charge in [0.1, 0.15) is 9.71 Å². The van der Waals surface area contributed by atoms with E-state index in [2.05, 4.69) is 20.8 Å². The van der Waals surface area contributed by atoms with Crippen LogP contribution in [0.3, 0.4) is 0 Å². The van der Waals surface area contributed by atoms with E-state index in [0.717, 1.165) is 0 Å². The van der Waals surface area contributed by atoms with Crippen molar-refractivity contribution < 1.29 is 9.59 Å². The molecule has 0 aliphatic carbocycles. The number of fused-ring (bicyclic) bond motifs is 1. The molecule has 0 atom stereocenters. The molecule has 6 N–H and O–H groups in total. The Morgan fingerprint density at radius 1 is 1.32 bits per heavy atom. The molecule has 0 unspecified atom stereocenters. The number of hydrogen-bond acceptors (Lipinski definition) is 6. The van der Waals surface area contributed by atoms with E-state index in [1.54, 1.807) is 6.07 Å². The number of carbonyl (C=O) groups excluding carboxylic acids is 2. The van der Waals surface area contributed by atoms with Crippen LogP contribution in [-0.4, -0.2) is 35.2 Å². The summed E-state index contributed by atoms with van der Waals surface area (Å²) in [5.74, 6) is -0.313. The average Bonchev–Trinajstić information content (AvgIpc) is 2.72. The summed E-state index contributed by atoms with van der Waals surface area (Å²) < 4.78 is 0. The highest BCUT2D eigenvalue weighted by atomic mass is 32.1. The summed E-state index contributed by atoms with van der Waals surface area (Å²) >= 11 is 1.17. The number of nitrogens with two attached hydrogens (primary N) is 2. The van der Waals surface area contributed by atoms with Gasteiger partial charge in [-0.15, -0.1) is 16.4 Å². The van der Waals surface area contributed by atoms with E-state index in [1.807, 2.05) is 0 Å². The van der Waals surface area contributed by atoms with Crippen LogP contribution in [0.4, 0.5) is 10.5 Å². The maximum atomic E-state index is 11.9. The van der Waals surface area contributed by atoms with Gasteiger partial charge in [0.05, 0.1) is 11.9 Å². The third-order valence-electron chi connectivity index (χ3n) is 2.34. The average molecular weight is 280 g/mol. The van der Waals surface area contributed by atoms with Crippen molar-refractivity contribution >= 4 is 39.2 Å². The highest BCUT2D eigenvalue weighted by molar-refractivity contribution is 7.21. The maximum absolute atomic E-state index is 11.9. The van der Waals surface area contributed by atoms with E-state index >= 15 is 0 Å². The lowest BCUT2D eigenvalue weighted by atomic mass is 10.3. The second-order valence-electron chi connectivity index (χ2n) is 3.64. The number of primary amides is 1. The van der Waals surface area contributed by atoms with Crippen LogP contribution < -0.4 is 22.1 Å². The molecule has 0 saturated carbocycles. The molecule has 2 aromatic rings. The Morgan fingerprint density at radius 3 is 2.74 bits per heavy atom. The summed E-state index contributed by atoms with van der Waals surface area (Å²) in [5, 5.41) is 13.3. The van der Waals surface area contributed by atoms with Crippen LogP contribution >= 0.6 is 11.3 Å². The maximum Gasteiger partial charge on any atom is 0.312 e. The number of hydrogen-bond donors (Lipinski definition) is 4. The Hall–Kier alpha value is -2.42. The first-order chi connectivity index (χ1) is 9.09. The molecule has 19 heavy (non-hydrogen) atoms. The molecule has 100 valence electrons. The van der Waals surface area contributed by atoms with Gasteiger partial charge in [0.2, 0.25) is 0 Å². The molecule has 0 aliphatic rings. The Bertz CT molecular complexity index is 626. The third-order valence-corrected chi connectivity index (χ3v) is 3.44. The topological polar surface area (TPSA) is 136 Å². The molecular formula is C10H12N6O2S. The van der Waals surface area contributed by atoms with Crippen molar-refractivity contribution in [2.45, 2.75) is 0 Å². The van der Waals surface area contributed by atoms with Gasteiger partial charge in [0.15, 0.2) is 0 Å². The highest BCUT2D eigenvalue weighted by Gasteiger charge is 2.16. The lowest BCUT2D eigenvalue weighted by Gasteiger charge is -2.04. The van der Waals surface area contributed by atoms with Crippen molar-refractivity contribution in [3.63, 3.8) is 0 Å². The third kappa shape index (κ3) is 2.88. The van der Waals surface area contributed by atoms with E-state index in [4.69, 9.17) is 11.5 Å². The number of nitrogen functional groups attached to an aromatic ring is 1. The van der Waals surface area contributed by atoms with Crippen molar-refractivity contribution in [3.8, 4) is 0 Å². The molecule has 3 amide bonds. The highest BCUT2D eigenvalue weighted by Crippen LogP contribution is 2.31. The van der Waals surface area contributed by atoms with Crippen LogP contribution in [0, 0.1) is 0 Å².